The maximum absolute atomic E-state index is 12.0. The second kappa shape index (κ2) is 12.9. The Bertz CT molecular complexity index is 1090. The first-order valence-corrected chi connectivity index (χ1v) is 13.9. The molecule has 1 aliphatic rings. The molecule has 0 aromatic heterocycles. The number of nitrogens with zero attached hydrogens (tertiary/aromatic N) is 1. The van der Waals surface area contributed by atoms with Crippen LogP contribution in [0.1, 0.15) is 31.4 Å². The quantitative estimate of drug-likeness (QED) is 0.410. The average molecular weight is 502 g/mol. The fraction of sp³-hybridized carbons (Fsp3) is 0.444. The summed E-state index contributed by atoms with van der Waals surface area (Å²) in [6.07, 6.45) is 4.20. The number of hydrogen-bond acceptors (Lipinski definition) is 7. The van der Waals surface area contributed by atoms with Crippen molar-refractivity contribution in [3.8, 4) is 5.75 Å². The van der Waals surface area contributed by atoms with Crippen LogP contribution in [0.3, 0.4) is 0 Å². The molecule has 0 spiro atoms. The Balaban J connectivity index is 1.44. The van der Waals surface area contributed by atoms with Crippen molar-refractivity contribution in [2.24, 2.45) is 0 Å². The van der Waals surface area contributed by atoms with Crippen molar-refractivity contribution in [3.05, 3.63) is 65.7 Å². The highest BCUT2D eigenvalue weighted by atomic mass is 32.2. The van der Waals surface area contributed by atoms with Gasteiger partial charge >= 0.3 is 5.97 Å². The van der Waals surface area contributed by atoms with Crippen molar-refractivity contribution in [1.29, 1.82) is 0 Å². The topological polar surface area (TPSA) is 82.1 Å². The van der Waals surface area contributed by atoms with Crippen LogP contribution in [0.15, 0.2) is 59.5 Å². The van der Waals surface area contributed by atoms with E-state index < -0.39 is 15.9 Å². The van der Waals surface area contributed by atoms with Gasteiger partial charge in [0, 0.05) is 38.9 Å². The smallest absolute Gasteiger partial charge is 0.335 e. The molecule has 0 saturated carbocycles. The number of sulfone groups is 1. The maximum atomic E-state index is 12.0. The van der Waals surface area contributed by atoms with Crippen LogP contribution in [0.2, 0.25) is 0 Å². The van der Waals surface area contributed by atoms with Crippen molar-refractivity contribution >= 4 is 21.4 Å². The number of esters is 1. The normalized spacial score (nSPS) is 15.3. The Kier molecular flexibility index (Phi) is 9.89. The predicted octanol–water partition coefficient (Wildman–Crippen LogP) is 3.77. The highest BCUT2D eigenvalue weighted by Gasteiger charge is 2.20. The molecule has 1 unspecified atom stereocenters. The Morgan fingerprint density at radius 2 is 1.74 bits per heavy atom. The third kappa shape index (κ3) is 8.19. The fourth-order valence-electron chi connectivity index (χ4n) is 3.97. The van der Waals surface area contributed by atoms with E-state index in [1.807, 2.05) is 43.3 Å². The molecule has 3 rings (SSSR count). The van der Waals surface area contributed by atoms with E-state index in [-0.39, 0.29) is 5.97 Å². The number of benzene rings is 2. The van der Waals surface area contributed by atoms with E-state index >= 15 is 0 Å². The maximum Gasteiger partial charge on any atom is 0.335 e. The van der Waals surface area contributed by atoms with Crippen LogP contribution in [-0.2, 0) is 30.5 Å². The molecule has 0 amide bonds. The van der Waals surface area contributed by atoms with E-state index in [2.05, 4.69) is 11.0 Å². The summed E-state index contributed by atoms with van der Waals surface area (Å²) in [5.41, 5.74) is 3.30. The Morgan fingerprint density at radius 1 is 1.03 bits per heavy atom. The zero-order valence-electron chi connectivity index (χ0n) is 20.7. The van der Waals surface area contributed by atoms with Gasteiger partial charge in [-0.2, -0.15) is 0 Å². The molecule has 0 fully saturated rings. The van der Waals surface area contributed by atoms with Gasteiger partial charge in [0.25, 0.3) is 0 Å². The average Bonchev–Trinajstić information content (AvgIpc) is 2.85. The van der Waals surface area contributed by atoms with Crippen molar-refractivity contribution in [1.82, 2.24) is 4.90 Å². The molecule has 0 radical (unpaired) electrons. The van der Waals surface area contributed by atoms with E-state index in [1.54, 1.807) is 19.1 Å². The van der Waals surface area contributed by atoms with Crippen LogP contribution < -0.4 is 4.74 Å². The van der Waals surface area contributed by atoms with Crippen molar-refractivity contribution in [2.75, 3.05) is 45.7 Å². The van der Waals surface area contributed by atoms with Crippen LogP contribution >= 0.6 is 0 Å². The van der Waals surface area contributed by atoms with E-state index in [9.17, 15) is 13.2 Å². The summed E-state index contributed by atoms with van der Waals surface area (Å²) in [4.78, 5) is 14.7. The first kappa shape index (κ1) is 26.9. The minimum Gasteiger partial charge on any atom is -0.492 e. The Morgan fingerprint density at radius 3 is 2.31 bits per heavy atom. The van der Waals surface area contributed by atoms with Crippen molar-refractivity contribution in [3.63, 3.8) is 0 Å². The molecule has 1 atom stereocenters. The standard InChI is InChI=1S/C27H35NO6S/c1-4-32-26(27(29)33-5-2)20-21-6-10-24(11-7-21)34-19-18-28-16-14-23(15-17-28)22-8-12-25(13-9-22)35(3,30)31/h6-14,26H,4-5,15-20H2,1-3H3. The summed E-state index contributed by atoms with van der Waals surface area (Å²) in [5.74, 6) is 0.455. The minimum atomic E-state index is -3.17. The molecule has 190 valence electrons. The zero-order valence-corrected chi connectivity index (χ0v) is 21.6. The fourth-order valence-corrected chi connectivity index (χ4v) is 4.60. The molecule has 8 heteroatoms. The van der Waals surface area contributed by atoms with Gasteiger partial charge in [0.05, 0.1) is 11.5 Å². The predicted molar refractivity (Wildman–Crippen MR) is 136 cm³/mol. The lowest BCUT2D eigenvalue weighted by Crippen LogP contribution is -2.32. The van der Waals surface area contributed by atoms with Gasteiger partial charge in [0.15, 0.2) is 15.9 Å². The van der Waals surface area contributed by atoms with E-state index in [0.29, 0.717) is 31.1 Å². The van der Waals surface area contributed by atoms with Gasteiger partial charge in [-0.05, 0) is 61.2 Å². The van der Waals surface area contributed by atoms with Crippen LogP contribution in [0.4, 0.5) is 0 Å². The third-order valence-electron chi connectivity index (χ3n) is 5.88. The second-order valence-corrected chi connectivity index (χ2v) is 10.5. The van der Waals surface area contributed by atoms with Gasteiger partial charge < -0.3 is 14.2 Å². The first-order valence-electron chi connectivity index (χ1n) is 12.0. The number of carbonyl (C=O) groups excluding carboxylic acids is 1. The van der Waals surface area contributed by atoms with Crippen molar-refractivity contribution in [2.45, 2.75) is 37.7 Å². The van der Waals surface area contributed by atoms with E-state index in [0.717, 1.165) is 42.9 Å². The van der Waals surface area contributed by atoms with Gasteiger partial charge in [-0.25, -0.2) is 13.2 Å². The lowest BCUT2D eigenvalue weighted by atomic mass is 10.00. The van der Waals surface area contributed by atoms with E-state index in [4.69, 9.17) is 14.2 Å². The summed E-state index contributed by atoms with van der Waals surface area (Å²) in [5, 5.41) is 0. The lowest BCUT2D eigenvalue weighted by Gasteiger charge is -2.26. The monoisotopic (exact) mass is 501 g/mol. The highest BCUT2D eigenvalue weighted by molar-refractivity contribution is 7.90. The molecule has 35 heavy (non-hydrogen) atoms. The number of hydrogen-bond donors (Lipinski definition) is 0. The molecule has 0 aliphatic carbocycles. The molecular formula is C27H35NO6S. The minimum absolute atomic E-state index is 0.334. The van der Waals surface area contributed by atoms with Crippen LogP contribution in [0.5, 0.6) is 5.75 Å². The summed E-state index contributed by atoms with van der Waals surface area (Å²) < 4.78 is 39.8. The molecule has 0 N–H and O–H groups in total. The largest absolute Gasteiger partial charge is 0.492 e. The second-order valence-electron chi connectivity index (χ2n) is 8.47. The van der Waals surface area contributed by atoms with Crippen molar-refractivity contribution < 1.29 is 27.4 Å². The zero-order chi connectivity index (χ0) is 25.3. The molecule has 2 aromatic rings. The van der Waals surface area contributed by atoms with Gasteiger partial charge in [-0.1, -0.05) is 30.3 Å². The molecule has 1 heterocycles. The van der Waals surface area contributed by atoms with E-state index in [1.165, 1.54) is 11.8 Å². The molecule has 7 nitrogen and oxygen atoms in total. The third-order valence-corrected chi connectivity index (χ3v) is 7.01. The summed E-state index contributed by atoms with van der Waals surface area (Å²) in [6.45, 7) is 7.58. The molecule has 0 saturated heterocycles. The first-order chi connectivity index (χ1) is 16.8. The van der Waals surface area contributed by atoms with Gasteiger partial charge in [-0.3, -0.25) is 4.90 Å². The molecular weight excluding hydrogens is 466 g/mol. The van der Waals surface area contributed by atoms with Gasteiger partial charge in [0.1, 0.15) is 12.4 Å². The Hall–Kier alpha value is -2.68. The summed E-state index contributed by atoms with van der Waals surface area (Å²) in [7, 11) is -3.17. The Labute approximate surface area is 208 Å². The summed E-state index contributed by atoms with van der Waals surface area (Å²) >= 11 is 0. The lowest BCUT2D eigenvalue weighted by molar-refractivity contribution is -0.156. The SMILES string of the molecule is CCOC(=O)C(Cc1ccc(OCCN2CC=C(c3ccc(S(C)(=O)=O)cc3)CC2)cc1)OCC. The molecule has 1 aliphatic heterocycles. The number of rotatable bonds is 12. The van der Waals surface area contributed by atoms with Crippen LogP contribution in [0, 0.1) is 0 Å². The number of carbonyl (C=O) groups is 1. The highest BCUT2D eigenvalue weighted by Crippen LogP contribution is 2.24. The van der Waals surface area contributed by atoms with Crippen LogP contribution in [0.25, 0.3) is 5.57 Å². The van der Waals surface area contributed by atoms with Gasteiger partial charge in [0.2, 0.25) is 0 Å². The number of ether oxygens (including phenoxy) is 3. The van der Waals surface area contributed by atoms with Crippen LogP contribution in [-0.4, -0.2) is 71.1 Å². The summed E-state index contributed by atoms with van der Waals surface area (Å²) in [6, 6.07) is 14.8. The van der Waals surface area contributed by atoms with Gasteiger partial charge in [-0.15, -0.1) is 0 Å². The molecule has 2 aromatic carbocycles. The molecule has 0 bridgehead atoms.